The number of hydrogen-bond donors (Lipinski definition) is 4. The van der Waals surface area contributed by atoms with Crippen LogP contribution in [0.15, 0.2) is 24.3 Å². The fourth-order valence-corrected chi connectivity index (χ4v) is 3.01. The zero-order valence-electron chi connectivity index (χ0n) is 15.7. The Morgan fingerprint density at radius 3 is 2.65 bits per heavy atom. The number of aliphatic carboxylic acids is 1. The van der Waals surface area contributed by atoms with Crippen LogP contribution in [-0.2, 0) is 9.53 Å². The molecule has 0 saturated carbocycles. The van der Waals surface area contributed by atoms with E-state index < -0.39 is 36.5 Å². The summed E-state index contributed by atoms with van der Waals surface area (Å²) in [6, 6.07) is 0. The lowest BCUT2D eigenvalue weighted by Crippen LogP contribution is -2.25. The summed E-state index contributed by atoms with van der Waals surface area (Å²) in [6.07, 6.45) is 10.1. The van der Waals surface area contributed by atoms with Gasteiger partial charge < -0.3 is 25.2 Å². The van der Waals surface area contributed by atoms with Crippen LogP contribution in [0.25, 0.3) is 0 Å². The molecule has 6 nitrogen and oxygen atoms in total. The van der Waals surface area contributed by atoms with Crippen LogP contribution in [0.2, 0.25) is 0 Å². The predicted molar refractivity (Wildman–Crippen MR) is 99.8 cm³/mol. The van der Waals surface area contributed by atoms with Gasteiger partial charge in [0.1, 0.15) is 0 Å². The topological polar surface area (TPSA) is 107 Å². The fourth-order valence-electron chi connectivity index (χ4n) is 3.01. The summed E-state index contributed by atoms with van der Waals surface area (Å²) in [6.45, 7) is 2.16. The van der Waals surface area contributed by atoms with Crippen molar-refractivity contribution in [3.63, 3.8) is 0 Å². The van der Waals surface area contributed by atoms with Crippen LogP contribution in [0.5, 0.6) is 0 Å². The van der Waals surface area contributed by atoms with Crippen LogP contribution < -0.4 is 0 Å². The third kappa shape index (κ3) is 9.48. The maximum absolute atomic E-state index is 10.5. The summed E-state index contributed by atoms with van der Waals surface area (Å²) >= 11 is 0. The van der Waals surface area contributed by atoms with Crippen molar-refractivity contribution in [3.05, 3.63) is 24.3 Å². The van der Waals surface area contributed by atoms with Gasteiger partial charge in [-0.2, -0.15) is 0 Å². The predicted octanol–water partition coefficient (Wildman–Crippen LogP) is 2.56. The minimum absolute atomic E-state index is 0.0395. The molecule has 0 amide bonds. The van der Waals surface area contributed by atoms with Crippen molar-refractivity contribution in [1.29, 1.82) is 0 Å². The van der Waals surface area contributed by atoms with Crippen molar-refractivity contribution in [2.24, 2.45) is 0 Å². The van der Waals surface area contributed by atoms with Crippen molar-refractivity contribution in [2.75, 3.05) is 0 Å². The number of unbranched alkanes of at least 4 members (excludes halogenated alkanes) is 3. The molecule has 0 aliphatic carbocycles. The molecule has 1 fully saturated rings. The Morgan fingerprint density at radius 2 is 1.96 bits per heavy atom. The lowest BCUT2D eigenvalue weighted by Gasteiger charge is -2.17. The first-order valence-corrected chi connectivity index (χ1v) is 9.68. The SMILES string of the molecule is CCCCC/C=C\C[C@@H](O)/C=C\[C@H](O)[C@@H]1C[C@@H](O)[C@H](CCCC(=O)O)O1. The van der Waals surface area contributed by atoms with Gasteiger partial charge in [0.2, 0.25) is 0 Å². The summed E-state index contributed by atoms with van der Waals surface area (Å²) < 4.78 is 5.65. The van der Waals surface area contributed by atoms with Gasteiger partial charge in [0, 0.05) is 12.8 Å². The van der Waals surface area contributed by atoms with Crippen molar-refractivity contribution in [3.8, 4) is 0 Å². The molecule has 1 aliphatic heterocycles. The van der Waals surface area contributed by atoms with Crippen molar-refractivity contribution >= 4 is 5.97 Å². The molecule has 0 radical (unpaired) electrons. The van der Waals surface area contributed by atoms with E-state index in [-0.39, 0.29) is 6.42 Å². The fraction of sp³-hybridized carbons (Fsp3) is 0.750. The third-order valence-corrected chi connectivity index (χ3v) is 4.56. The van der Waals surface area contributed by atoms with E-state index in [1.165, 1.54) is 18.9 Å². The summed E-state index contributed by atoms with van der Waals surface area (Å²) in [5.74, 6) is -0.870. The first-order valence-electron chi connectivity index (χ1n) is 9.68. The average Bonchev–Trinajstić information content (AvgIpc) is 2.96. The molecule has 0 bridgehead atoms. The second-order valence-corrected chi connectivity index (χ2v) is 6.95. The van der Waals surface area contributed by atoms with Crippen molar-refractivity contribution in [2.45, 2.75) is 95.2 Å². The van der Waals surface area contributed by atoms with E-state index in [4.69, 9.17) is 9.84 Å². The smallest absolute Gasteiger partial charge is 0.303 e. The van der Waals surface area contributed by atoms with E-state index >= 15 is 0 Å². The normalized spacial score (nSPS) is 25.9. The van der Waals surface area contributed by atoms with E-state index in [2.05, 4.69) is 13.0 Å². The Labute approximate surface area is 156 Å². The molecule has 0 aromatic rings. The number of allylic oxidation sites excluding steroid dienone is 1. The maximum atomic E-state index is 10.5. The van der Waals surface area contributed by atoms with Gasteiger partial charge in [-0.05, 0) is 32.1 Å². The first kappa shape index (κ1) is 22.8. The van der Waals surface area contributed by atoms with Crippen LogP contribution in [0, 0.1) is 0 Å². The summed E-state index contributed by atoms with van der Waals surface area (Å²) in [7, 11) is 0. The Morgan fingerprint density at radius 1 is 1.19 bits per heavy atom. The second kappa shape index (κ2) is 13.0. The van der Waals surface area contributed by atoms with E-state index in [0.717, 1.165) is 12.8 Å². The van der Waals surface area contributed by atoms with Gasteiger partial charge in [0.05, 0.1) is 30.5 Å². The lowest BCUT2D eigenvalue weighted by atomic mass is 10.0. The highest BCUT2D eigenvalue weighted by molar-refractivity contribution is 5.66. The maximum Gasteiger partial charge on any atom is 0.303 e. The van der Waals surface area contributed by atoms with Crippen LogP contribution in [0.3, 0.4) is 0 Å². The van der Waals surface area contributed by atoms with E-state index in [1.807, 2.05) is 6.08 Å². The number of carboxylic acids is 1. The zero-order valence-corrected chi connectivity index (χ0v) is 15.7. The minimum Gasteiger partial charge on any atom is -0.481 e. The molecule has 26 heavy (non-hydrogen) atoms. The van der Waals surface area contributed by atoms with Crippen LogP contribution in [0.1, 0.15) is 64.7 Å². The number of aliphatic hydroxyl groups excluding tert-OH is 3. The van der Waals surface area contributed by atoms with Crippen LogP contribution in [-0.4, -0.2) is 56.9 Å². The number of rotatable bonds is 13. The molecule has 0 spiro atoms. The molecule has 4 N–H and O–H groups in total. The third-order valence-electron chi connectivity index (χ3n) is 4.56. The Balaban J connectivity index is 2.29. The number of carboxylic acid groups (broad SMARTS) is 1. The second-order valence-electron chi connectivity index (χ2n) is 6.95. The number of carbonyl (C=O) groups is 1. The molecule has 1 rings (SSSR count). The number of hydrogen-bond acceptors (Lipinski definition) is 5. The summed E-state index contributed by atoms with van der Waals surface area (Å²) in [5.41, 5.74) is 0. The number of ether oxygens (including phenoxy) is 1. The van der Waals surface area contributed by atoms with Gasteiger partial charge in [-0.25, -0.2) is 0 Å². The summed E-state index contributed by atoms with van der Waals surface area (Å²) in [4.78, 5) is 10.5. The Bertz CT molecular complexity index is 448. The van der Waals surface area contributed by atoms with E-state index in [1.54, 1.807) is 6.08 Å². The van der Waals surface area contributed by atoms with Gasteiger partial charge in [-0.15, -0.1) is 0 Å². The molecule has 0 aromatic carbocycles. The van der Waals surface area contributed by atoms with Crippen molar-refractivity contribution < 1.29 is 30.0 Å². The van der Waals surface area contributed by atoms with Crippen LogP contribution >= 0.6 is 0 Å². The van der Waals surface area contributed by atoms with Gasteiger partial charge in [0.25, 0.3) is 0 Å². The standard InChI is InChI=1S/C20H34O6/c1-2-3-4-5-6-7-9-15(21)12-13-16(22)19-14-17(23)18(26-19)10-8-11-20(24)25/h6-7,12-13,15-19,21-23H,2-5,8-11,14H2,1H3,(H,24,25)/b7-6-,13-12-/t15-,16+,17-,18+,19+/m1/s1. The molecule has 5 atom stereocenters. The first-order chi connectivity index (χ1) is 12.4. The molecule has 6 heteroatoms. The van der Waals surface area contributed by atoms with Gasteiger partial charge in [-0.1, -0.05) is 44.1 Å². The molecule has 1 saturated heterocycles. The Hall–Kier alpha value is -1.21. The molecular weight excluding hydrogens is 336 g/mol. The molecular formula is C20H34O6. The van der Waals surface area contributed by atoms with Gasteiger partial charge >= 0.3 is 5.97 Å². The molecule has 0 unspecified atom stereocenters. The summed E-state index contributed by atoms with van der Waals surface area (Å²) in [5, 5.41) is 38.7. The quantitative estimate of drug-likeness (QED) is 0.293. The van der Waals surface area contributed by atoms with E-state index in [9.17, 15) is 20.1 Å². The largest absolute Gasteiger partial charge is 0.481 e. The van der Waals surface area contributed by atoms with Gasteiger partial charge in [-0.3, -0.25) is 4.79 Å². The number of aliphatic hydroxyl groups is 3. The highest BCUT2D eigenvalue weighted by atomic mass is 16.5. The monoisotopic (exact) mass is 370 g/mol. The highest BCUT2D eigenvalue weighted by Gasteiger charge is 2.36. The zero-order chi connectivity index (χ0) is 19.4. The Kier molecular flexibility index (Phi) is 11.4. The molecule has 1 aliphatic rings. The van der Waals surface area contributed by atoms with Crippen LogP contribution in [0.4, 0.5) is 0 Å². The van der Waals surface area contributed by atoms with Crippen molar-refractivity contribution in [1.82, 2.24) is 0 Å². The van der Waals surface area contributed by atoms with Gasteiger partial charge in [0.15, 0.2) is 0 Å². The molecule has 1 heterocycles. The van der Waals surface area contributed by atoms with E-state index in [0.29, 0.717) is 25.7 Å². The lowest BCUT2D eigenvalue weighted by molar-refractivity contribution is -0.137. The molecule has 0 aromatic heterocycles. The highest BCUT2D eigenvalue weighted by Crippen LogP contribution is 2.27. The molecule has 150 valence electrons. The minimum atomic E-state index is -0.905. The average molecular weight is 370 g/mol.